The largest absolute Gasteiger partial charge is 0.447 e. The van der Waals surface area contributed by atoms with Crippen LogP contribution < -0.4 is 10.0 Å². The number of nitrogens with one attached hydrogen (secondary N) is 3. The minimum atomic E-state index is -3.51. The number of furan rings is 1. The normalized spacial score (nSPS) is 11.8. The smallest absolute Gasteiger partial charge is 0.273 e. The molecule has 0 spiro atoms. The van der Waals surface area contributed by atoms with Gasteiger partial charge < -0.3 is 9.73 Å². The van der Waals surface area contributed by atoms with Crippen molar-refractivity contribution < 1.29 is 12.8 Å². The van der Waals surface area contributed by atoms with Gasteiger partial charge in [-0.25, -0.2) is 13.1 Å². The zero-order valence-corrected chi connectivity index (χ0v) is 10.6. The molecule has 7 nitrogen and oxygen atoms in total. The molecular weight excluding hydrogens is 256 g/mol. The second-order valence-electron chi connectivity index (χ2n) is 3.64. The van der Waals surface area contributed by atoms with Crippen molar-refractivity contribution in [1.29, 1.82) is 0 Å². The summed E-state index contributed by atoms with van der Waals surface area (Å²) in [7, 11) is -2.16. The quantitative estimate of drug-likeness (QED) is 0.696. The van der Waals surface area contributed by atoms with Gasteiger partial charge in [-0.3, -0.25) is 5.10 Å². The molecule has 2 aromatic rings. The predicted molar refractivity (Wildman–Crippen MR) is 64.1 cm³/mol. The average molecular weight is 270 g/mol. The van der Waals surface area contributed by atoms with Crippen LogP contribution in [0.15, 0.2) is 34.0 Å². The van der Waals surface area contributed by atoms with Gasteiger partial charge in [0.15, 0.2) is 0 Å². The molecule has 0 saturated heterocycles. The van der Waals surface area contributed by atoms with E-state index in [2.05, 4.69) is 20.2 Å². The van der Waals surface area contributed by atoms with Crippen LogP contribution >= 0.6 is 0 Å². The lowest BCUT2D eigenvalue weighted by molar-refractivity contribution is 0.400. The fourth-order valence-corrected chi connectivity index (χ4v) is 2.07. The SMILES string of the molecule is CNS(=O)(=O)c1ccc(CNCc2cn[nH]c2)o1. The Labute approximate surface area is 105 Å². The molecule has 0 bridgehead atoms. The van der Waals surface area contributed by atoms with Gasteiger partial charge in [-0.05, 0) is 19.2 Å². The van der Waals surface area contributed by atoms with Gasteiger partial charge in [0, 0.05) is 18.3 Å². The monoisotopic (exact) mass is 270 g/mol. The van der Waals surface area contributed by atoms with E-state index < -0.39 is 10.0 Å². The first kappa shape index (κ1) is 12.8. The Kier molecular flexibility index (Phi) is 3.80. The van der Waals surface area contributed by atoms with E-state index in [0.717, 1.165) is 5.56 Å². The van der Waals surface area contributed by atoms with Crippen LogP contribution in [0.4, 0.5) is 0 Å². The molecule has 0 unspecified atom stereocenters. The van der Waals surface area contributed by atoms with Gasteiger partial charge in [-0.2, -0.15) is 5.10 Å². The highest BCUT2D eigenvalue weighted by Gasteiger charge is 2.15. The summed E-state index contributed by atoms with van der Waals surface area (Å²) in [5.41, 5.74) is 1.02. The van der Waals surface area contributed by atoms with Crippen molar-refractivity contribution in [2.24, 2.45) is 0 Å². The van der Waals surface area contributed by atoms with Crippen LogP contribution in [0.25, 0.3) is 0 Å². The van der Waals surface area contributed by atoms with Crippen LogP contribution in [-0.4, -0.2) is 25.7 Å². The van der Waals surface area contributed by atoms with Gasteiger partial charge >= 0.3 is 0 Å². The van der Waals surface area contributed by atoms with E-state index >= 15 is 0 Å². The van der Waals surface area contributed by atoms with Crippen LogP contribution in [0.3, 0.4) is 0 Å². The summed E-state index contributed by atoms with van der Waals surface area (Å²) in [6, 6.07) is 3.06. The van der Waals surface area contributed by atoms with E-state index in [1.807, 2.05) is 0 Å². The number of H-pyrrole nitrogens is 1. The second-order valence-corrected chi connectivity index (χ2v) is 5.46. The van der Waals surface area contributed by atoms with Gasteiger partial charge in [-0.15, -0.1) is 0 Å². The topological polar surface area (TPSA) is 100 Å². The van der Waals surface area contributed by atoms with E-state index in [0.29, 0.717) is 18.8 Å². The van der Waals surface area contributed by atoms with Crippen LogP contribution in [0.2, 0.25) is 0 Å². The number of hydrogen-bond acceptors (Lipinski definition) is 5. The Morgan fingerprint density at radius 3 is 2.89 bits per heavy atom. The molecule has 0 aliphatic rings. The maximum Gasteiger partial charge on any atom is 0.273 e. The Morgan fingerprint density at radius 2 is 2.22 bits per heavy atom. The molecular formula is C10H14N4O3S. The van der Waals surface area contributed by atoms with Gasteiger partial charge in [0.05, 0.1) is 12.7 Å². The molecule has 18 heavy (non-hydrogen) atoms. The molecule has 0 amide bonds. The highest BCUT2D eigenvalue weighted by molar-refractivity contribution is 7.89. The van der Waals surface area contributed by atoms with Crippen LogP contribution in [0.1, 0.15) is 11.3 Å². The molecule has 0 atom stereocenters. The highest BCUT2D eigenvalue weighted by atomic mass is 32.2. The van der Waals surface area contributed by atoms with E-state index in [1.165, 1.54) is 13.1 Å². The number of nitrogens with zero attached hydrogens (tertiary/aromatic N) is 1. The zero-order valence-electron chi connectivity index (χ0n) is 9.80. The highest BCUT2D eigenvalue weighted by Crippen LogP contribution is 2.13. The van der Waals surface area contributed by atoms with E-state index in [9.17, 15) is 8.42 Å². The third-order valence-corrected chi connectivity index (χ3v) is 3.64. The average Bonchev–Trinajstić information content (AvgIpc) is 3.00. The second kappa shape index (κ2) is 5.34. The molecule has 0 aromatic carbocycles. The Bertz CT molecular complexity index is 588. The van der Waals surface area contributed by atoms with Crippen molar-refractivity contribution in [2.45, 2.75) is 18.2 Å². The fourth-order valence-electron chi connectivity index (χ4n) is 1.40. The Morgan fingerprint density at radius 1 is 1.39 bits per heavy atom. The first-order valence-corrected chi connectivity index (χ1v) is 6.81. The first-order chi connectivity index (χ1) is 8.62. The van der Waals surface area contributed by atoms with Crippen molar-refractivity contribution in [1.82, 2.24) is 20.2 Å². The third-order valence-electron chi connectivity index (χ3n) is 2.35. The van der Waals surface area contributed by atoms with Gasteiger partial charge in [0.25, 0.3) is 10.0 Å². The lowest BCUT2D eigenvalue weighted by Crippen LogP contribution is -2.17. The van der Waals surface area contributed by atoms with E-state index in [4.69, 9.17) is 4.42 Å². The molecule has 0 radical (unpaired) electrons. The zero-order chi connectivity index (χ0) is 13.0. The van der Waals surface area contributed by atoms with Gasteiger partial charge in [0.2, 0.25) is 5.09 Å². The lowest BCUT2D eigenvalue weighted by Gasteiger charge is -2.00. The van der Waals surface area contributed by atoms with Crippen molar-refractivity contribution in [2.75, 3.05) is 7.05 Å². The van der Waals surface area contributed by atoms with Gasteiger partial charge in [0.1, 0.15) is 5.76 Å². The number of hydrogen-bond donors (Lipinski definition) is 3. The maximum atomic E-state index is 11.4. The molecule has 0 saturated carbocycles. The molecule has 2 heterocycles. The summed E-state index contributed by atoms with van der Waals surface area (Å²) in [5.74, 6) is 0.562. The lowest BCUT2D eigenvalue weighted by atomic mass is 10.3. The summed E-state index contributed by atoms with van der Waals surface area (Å²) >= 11 is 0. The summed E-state index contributed by atoms with van der Waals surface area (Å²) in [5, 5.41) is 9.57. The van der Waals surface area contributed by atoms with E-state index in [1.54, 1.807) is 18.5 Å². The molecule has 3 N–H and O–H groups in total. The van der Waals surface area contributed by atoms with Crippen LogP contribution in [-0.2, 0) is 23.1 Å². The number of aromatic amines is 1. The first-order valence-electron chi connectivity index (χ1n) is 5.32. The minimum absolute atomic E-state index is 0.0786. The summed E-state index contributed by atoms with van der Waals surface area (Å²) in [6.45, 7) is 1.08. The molecule has 8 heteroatoms. The molecule has 0 fully saturated rings. The van der Waals surface area contributed by atoms with Crippen molar-refractivity contribution in [3.05, 3.63) is 35.9 Å². The number of aromatic nitrogens is 2. The molecule has 0 aliphatic carbocycles. The van der Waals surface area contributed by atoms with E-state index in [-0.39, 0.29) is 5.09 Å². The van der Waals surface area contributed by atoms with Crippen molar-refractivity contribution in [3.8, 4) is 0 Å². The van der Waals surface area contributed by atoms with Crippen LogP contribution in [0, 0.1) is 0 Å². The molecule has 0 aliphatic heterocycles. The molecule has 98 valence electrons. The minimum Gasteiger partial charge on any atom is -0.447 e. The predicted octanol–water partition coefficient (Wildman–Crippen LogP) is 0.201. The van der Waals surface area contributed by atoms with Crippen molar-refractivity contribution in [3.63, 3.8) is 0 Å². The number of sulfonamides is 1. The maximum absolute atomic E-state index is 11.4. The van der Waals surface area contributed by atoms with Crippen molar-refractivity contribution >= 4 is 10.0 Å². The van der Waals surface area contributed by atoms with Crippen LogP contribution in [0.5, 0.6) is 0 Å². The molecule has 2 rings (SSSR count). The van der Waals surface area contributed by atoms with Gasteiger partial charge in [-0.1, -0.05) is 0 Å². The number of rotatable bonds is 6. The molecule has 2 aromatic heterocycles. The standard InChI is InChI=1S/C10H14N4O3S/c1-11-18(15,16)10-3-2-9(17-10)7-12-4-8-5-13-14-6-8/h2-3,5-6,11-12H,4,7H2,1H3,(H,13,14). The fraction of sp³-hybridized carbons (Fsp3) is 0.300. The summed E-state index contributed by atoms with van der Waals surface area (Å²) in [4.78, 5) is 0. The third kappa shape index (κ3) is 2.97. The summed E-state index contributed by atoms with van der Waals surface area (Å²) < 4.78 is 30.3. The Balaban J connectivity index is 1.91. The Hall–Kier alpha value is -1.64. The summed E-state index contributed by atoms with van der Waals surface area (Å²) in [6.07, 6.45) is 3.50.